The van der Waals surface area contributed by atoms with Gasteiger partial charge in [-0.25, -0.2) is 4.79 Å². The normalized spacial score (nSPS) is 20.5. The molecule has 24 heavy (non-hydrogen) atoms. The van der Waals surface area contributed by atoms with Crippen LogP contribution in [0.2, 0.25) is 0 Å². The molecule has 0 aliphatic heterocycles. The van der Waals surface area contributed by atoms with Gasteiger partial charge in [0.1, 0.15) is 17.1 Å². The van der Waals surface area contributed by atoms with Crippen molar-refractivity contribution in [2.45, 2.75) is 52.4 Å². The molecule has 0 saturated heterocycles. The number of aromatic carboxylic acids is 1. The first-order chi connectivity index (χ1) is 11.3. The zero-order valence-electron chi connectivity index (χ0n) is 14.6. The summed E-state index contributed by atoms with van der Waals surface area (Å²) in [7, 11) is 0. The second-order valence-corrected chi connectivity index (χ2v) is 6.78. The number of carbonyl (C=O) groups is 1. The van der Waals surface area contributed by atoms with Crippen molar-refractivity contribution in [3.8, 4) is 11.5 Å². The zero-order chi connectivity index (χ0) is 18.0. The van der Waals surface area contributed by atoms with Crippen molar-refractivity contribution in [2.24, 2.45) is 5.92 Å². The molecule has 2 rings (SSSR count). The Hall–Kier alpha value is -2.23. The van der Waals surface area contributed by atoms with E-state index in [2.05, 4.69) is 6.58 Å². The van der Waals surface area contributed by atoms with Crippen LogP contribution in [0.5, 0.6) is 11.5 Å². The number of hydrogen-bond acceptors (Lipinski definition) is 3. The van der Waals surface area contributed by atoms with Gasteiger partial charge in [0, 0.05) is 11.5 Å². The Morgan fingerprint density at radius 2 is 2.04 bits per heavy atom. The van der Waals surface area contributed by atoms with E-state index in [0.29, 0.717) is 17.5 Å². The fraction of sp³-hybridized carbons (Fsp3) is 0.450. The van der Waals surface area contributed by atoms with Gasteiger partial charge in [-0.1, -0.05) is 37.1 Å². The van der Waals surface area contributed by atoms with Crippen LogP contribution in [-0.2, 0) is 6.42 Å². The van der Waals surface area contributed by atoms with E-state index in [1.807, 2.05) is 26.8 Å². The van der Waals surface area contributed by atoms with Crippen LogP contribution in [-0.4, -0.2) is 21.3 Å². The van der Waals surface area contributed by atoms with Crippen molar-refractivity contribution >= 4 is 5.97 Å². The molecule has 0 amide bonds. The van der Waals surface area contributed by atoms with Crippen molar-refractivity contribution in [1.29, 1.82) is 0 Å². The maximum absolute atomic E-state index is 11.7. The lowest BCUT2D eigenvalue weighted by atomic mass is 9.73. The predicted molar refractivity (Wildman–Crippen MR) is 94.8 cm³/mol. The van der Waals surface area contributed by atoms with E-state index in [1.165, 1.54) is 11.6 Å². The van der Waals surface area contributed by atoms with Crippen LogP contribution in [0.3, 0.4) is 0 Å². The monoisotopic (exact) mass is 330 g/mol. The smallest absolute Gasteiger partial charge is 0.339 e. The SMILES string of the molecule is C=C(C)C1CCC(C)=C[C@H]1c1c(O)cc(CCC)c(C(=O)O)c1O. The third-order valence-electron chi connectivity index (χ3n) is 4.85. The highest BCUT2D eigenvalue weighted by atomic mass is 16.4. The van der Waals surface area contributed by atoms with Gasteiger partial charge in [-0.15, -0.1) is 0 Å². The first-order valence-corrected chi connectivity index (χ1v) is 8.41. The largest absolute Gasteiger partial charge is 0.507 e. The topological polar surface area (TPSA) is 77.8 Å². The number of hydrogen-bond donors (Lipinski definition) is 3. The molecule has 1 unspecified atom stereocenters. The van der Waals surface area contributed by atoms with Gasteiger partial charge < -0.3 is 15.3 Å². The van der Waals surface area contributed by atoms with Crippen LogP contribution >= 0.6 is 0 Å². The van der Waals surface area contributed by atoms with Crippen LogP contribution in [0.25, 0.3) is 0 Å². The molecule has 1 aromatic rings. The molecule has 0 saturated carbocycles. The molecule has 0 radical (unpaired) electrons. The number of phenolic OH excluding ortho intramolecular Hbond substituents is 1. The van der Waals surface area contributed by atoms with Crippen LogP contribution < -0.4 is 0 Å². The van der Waals surface area contributed by atoms with Gasteiger partial charge in [0.25, 0.3) is 0 Å². The van der Waals surface area contributed by atoms with Gasteiger partial charge in [-0.3, -0.25) is 0 Å². The van der Waals surface area contributed by atoms with Gasteiger partial charge in [0.15, 0.2) is 0 Å². The Kier molecular flexibility index (Phi) is 5.37. The summed E-state index contributed by atoms with van der Waals surface area (Å²) >= 11 is 0. The molecule has 4 heteroatoms. The maximum atomic E-state index is 11.7. The summed E-state index contributed by atoms with van der Waals surface area (Å²) < 4.78 is 0. The number of phenols is 2. The van der Waals surface area contributed by atoms with Gasteiger partial charge in [-0.2, -0.15) is 0 Å². The third-order valence-corrected chi connectivity index (χ3v) is 4.85. The first-order valence-electron chi connectivity index (χ1n) is 8.41. The van der Waals surface area contributed by atoms with E-state index in [0.717, 1.165) is 24.8 Å². The van der Waals surface area contributed by atoms with Crippen LogP contribution in [0.15, 0.2) is 29.9 Å². The highest BCUT2D eigenvalue weighted by Gasteiger charge is 2.32. The van der Waals surface area contributed by atoms with Crippen LogP contribution in [0.1, 0.15) is 67.4 Å². The standard InChI is InChI=1S/C20H26O4/c1-5-6-13-10-16(21)18(19(22)17(13)20(23)24)15-9-12(4)7-8-14(15)11(2)3/h9-10,14-15,21-22H,2,5-8H2,1,3-4H3,(H,23,24)/t14?,15-/m1/s1. The number of carboxylic acid groups (broad SMARTS) is 1. The Labute approximate surface area is 143 Å². The molecular weight excluding hydrogens is 304 g/mol. The molecule has 0 heterocycles. The number of rotatable bonds is 5. The molecule has 1 aliphatic rings. The highest BCUT2D eigenvalue weighted by molar-refractivity contribution is 5.94. The summed E-state index contributed by atoms with van der Waals surface area (Å²) in [5.74, 6) is -1.70. The minimum absolute atomic E-state index is 0.0387. The van der Waals surface area contributed by atoms with Gasteiger partial charge in [-0.05, 0) is 50.7 Å². The summed E-state index contributed by atoms with van der Waals surface area (Å²) in [6, 6.07) is 1.50. The van der Waals surface area contributed by atoms with Crippen molar-refractivity contribution in [2.75, 3.05) is 0 Å². The zero-order valence-corrected chi connectivity index (χ0v) is 14.6. The lowest BCUT2D eigenvalue weighted by Gasteiger charge is -2.32. The molecule has 0 fully saturated rings. The highest BCUT2D eigenvalue weighted by Crippen LogP contribution is 2.48. The predicted octanol–water partition coefficient (Wildman–Crippen LogP) is 4.76. The Balaban J connectivity index is 2.68. The minimum Gasteiger partial charge on any atom is -0.507 e. The summed E-state index contributed by atoms with van der Waals surface area (Å²) in [5, 5.41) is 30.8. The molecule has 3 N–H and O–H groups in total. The molecule has 1 aliphatic carbocycles. The van der Waals surface area contributed by atoms with E-state index in [1.54, 1.807) is 0 Å². The minimum atomic E-state index is -1.17. The average molecular weight is 330 g/mol. The number of carboxylic acids is 1. The molecule has 2 atom stereocenters. The molecule has 0 bridgehead atoms. The van der Waals surface area contributed by atoms with Gasteiger partial charge in [0.2, 0.25) is 0 Å². The summed E-state index contributed by atoms with van der Waals surface area (Å²) in [5.41, 5.74) is 2.82. The van der Waals surface area contributed by atoms with E-state index >= 15 is 0 Å². The molecule has 1 aromatic carbocycles. The van der Waals surface area contributed by atoms with Crippen molar-refractivity contribution in [3.63, 3.8) is 0 Å². The summed E-state index contributed by atoms with van der Waals surface area (Å²) in [6.45, 7) is 9.91. The molecule has 130 valence electrons. The summed E-state index contributed by atoms with van der Waals surface area (Å²) in [6.07, 6.45) is 5.06. The molecule has 0 aromatic heterocycles. The fourth-order valence-corrected chi connectivity index (χ4v) is 3.66. The van der Waals surface area contributed by atoms with Crippen molar-refractivity contribution in [1.82, 2.24) is 0 Å². The first kappa shape index (κ1) is 18.1. The molecule has 0 spiro atoms. The van der Waals surface area contributed by atoms with E-state index < -0.39 is 5.97 Å². The quantitative estimate of drug-likeness (QED) is 0.680. The number of benzene rings is 1. The van der Waals surface area contributed by atoms with E-state index in [-0.39, 0.29) is 28.9 Å². The average Bonchev–Trinajstić information content (AvgIpc) is 2.46. The lowest BCUT2D eigenvalue weighted by molar-refractivity contribution is 0.0692. The van der Waals surface area contributed by atoms with Gasteiger partial charge in [0.05, 0.1) is 0 Å². The lowest BCUT2D eigenvalue weighted by Crippen LogP contribution is -2.18. The Morgan fingerprint density at radius 3 is 2.58 bits per heavy atom. The second-order valence-electron chi connectivity index (χ2n) is 6.78. The number of allylic oxidation sites excluding steroid dienone is 3. The third kappa shape index (κ3) is 3.32. The maximum Gasteiger partial charge on any atom is 0.339 e. The van der Waals surface area contributed by atoms with Crippen LogP contribution in [0, 0.1) is 5.92 Å². The van der Waals surface area contributed by atoms with Gasteiger partial charge >= 0.3 is 5.97 Å². The number of aromatic hydroxyl groups is 2. The van der Waals surface area contributed by atoms with Crippen LogP contribution in [0.4, 0.5) is 0 Å². The van der Waals surface area contributed by atoms with Crippen molar-refractivity contribution < 1.29 is 20.1 Å². The second kappa shape index (κ2) is 7.12. The fourth-order valence-electron chi connectivity index (χ4n) is 3.66. The number of aryl methyl sites for hydroxylation is 1. The molecule has 4 nitrogen and oxygen atoms in total. The Morgan fingerprint density at radius 1 is 1.38 bits per heavy atom. The van der Waals surface area contributed by atoms with Crippen molar-refractivity contribution in [3.05, 3.63) is 46.6 Å². The Bertz CT molecular complexity index is 700. The molecular formula is C20H26O4. The summed E-state index contributed by atoms with van der Waals surface area (Å²) in [4.78, 5) is 11.7. The van der Waals surface area contributed by atoms with E-state index in [4.69, 9.17) is 0 Å². The van der Waals surface area contributed by atoms with E-state index in [9.17, 15) is 20.1 Å².